The molecule has 3 heteroatoms. The van der Waals surface area contributed by atoms with E-state index in [1.165, 1.54) is 31.2 Å². The van der Waals surface area contributed by atoms with Gasteiger partial charge in [-0.1, -0.05) is 62.1 Å². The highest BCUT2D eigenvalue weighted by Crippen LogP contribution is 2.28. The van der Waals surface area contributed by atoms with Crippen molar-refractivity contribution in [3.63, 3.8) is 0 Å². The fourth-order valence-electron chi connectivity index (χ4n) is 3.99. The van der Waals surface area contributed by atoms with E-state index in [0.29, 0.717) is 5.91 Å². The van der Waals surface area contributed by atoms with Crippen LogP contribution in [0.3, 0.4) is 0 Å². The topological polar surface area (TPSA) is 24.8 Å². The first-order chi connectivity index (χ1) is 11.8. The molecule has 0 spiro atoms. The molecule has 0 bridgehead atoms. The van der Waals surface area contributed by atoms with Crippen LogP contribution in [0.1, 0.15) is 44.1 Å². The van der Waals surface area contributed by atoms with Gasteiger partial charge < -0.3 is 9.80 Å². The molecule has 1 saturated carbocycles. The first kappa shape index (κ1) is 17.2. The van der Waals surface area contributed by atoms with E-state index >= 15 is 0 Å². The summed E-state index contributed by atoms with van der Waals surface area (Å²) in [5.74, 6) is 1.21. The molecule has 1 saturated heterocycles. The predicted molar refractivity (Wildman–Crippen MR) is 98.8 cm³/mol. The van der Waals surface area contributed by atoms with E-state index in [0.717, 1.165) is 51.5 Å². The van der Waals surface area contributed by atoms with Gasteiger partial charge in [0, 0.05) is 6.42 Å². The summed E-state index contributed by atoms with van der Waals surface area (Å²) in [6, 6.07) is 10.5. The number of benzene rings is 1. The van der Waals surface area contributed by atoms with Gasteiger partial charge in [0.2, 0.25) is 5.91 Å². The SMILES string of the molecule is O=C(CCC1CCCC1)N1CC[NH+](C/C=C/c2ccccc2)CC1. The average Bonchev–Trinajstić information content (AvgIpc) is 3.15. The van der Waals surface area contributed by atoms with Crippen LogP contribution in [0.5, 0.6) is 0 Å². The van der Waals surface area contributed by atoms with Crippen LogP contribution in [0.15, 0.2) is 36.4 Å². The summed E-state index contributed by atoms with van der Waals surface area (Å²) in [4.78, 5) is 16.0. The molecular formula is C21H31N2O+. The zero-order valence-corrected chi connectivity index (χ0v) is 14.8. The van der Waals surface area contributed by atoms with Crippen molar-refractivity contribution in [2.45, 2.75) is 38.5 Å². The third kappa shape index (κ3) is 5.20. The Kier molecular flexibility index (Phi) is 6.48. The molecule has 24 heavy (non-hydrogen) atoms. The normalized spacial score (nSPS) is 20.1. The summed E-state index contributed by atoms with van der Waals surface area (Å²) in [6.07, 6.45) is 11.8. The molecule has 1 N–H and O–H groups in total. The third-order valence-corrected chi connectivity index (χ3v) is 5.58. The Bertz CT molecular complexity index is 526. The monoisotopic (exact) mass is 327 g/mol. The van der Waals surface area contributed by atoms with Crippen molar-refractivity contribution in [1.82, 2.24) is 4.90 Å². The van der Waals surface area contributed by atoms with Gasteiger partial charge in [-0.2, -0.15) is 0 Å². The predicted octanol–water partition coefficient (Wildman–Crippen LogP) is 2.40. The molecular weight excluding hydrogens is 296 g/mol. The summed E-state index contributed by atoms with van der Waals surface area (Å²) in [6.45, 7) is 5.07. The van der Waals surface area contributed by atoms with E-state index in [4.69, 9.17) is 0 Å². The van der Waals surface area contributed by atoms with Gasteiger partial charge in [0.05, 0.1) is 32.7 Å². The van der Waals surface area contributed by atoms with Crippen LogP contribution in [-0.4, -0.2) is 43.5 Å². The van der Waals surface area contributed by atoms with Crippen molar-refractivity contribution >= 4 is 12.0 Å². The van der Waals surface area contributed by atoms with E-state index < -0.39 is 0 Å². The molecule has 1 aromatic carbocycles. The maximum absolute atomic E-state index is 12.4. The highest BCUT2D eigenvalue weighted by molar-refractivity contribution is 5.76. The van der Waals surface area contributed by atoms with Crippen molar-refractivity contribution in [2.24, 2.45) is 5.92 Å². The van der Waals surface area contributed by atoms with Crippen molar-refractivity contribution in [3.8, 4) is 0 Å². The standard InChI is InChI=1S/C21H30N2O/c24-21(13-12-20-9-4-5-10-20)23-17-15-22(16-18-23)14-6-11-19-7-2-1-3-8-19/h1-3,6-8,11,20H,4-5,9-10,12-18H2/p+1/b11-6+. The molecule has 3 nitrogen and oxygen atoms in total. The van der Waals surface area contributed by atoms with Gasteiger partial charge in [0.15, 0.2) is 0 Å². The van der Waals surface area contributed by atoms with Gasteiger partial charge in [-0.3, -0.25) is 4.79 Å². The van der Waals surface area contributed by atoms with Crippen LogP contribution in [0.2, 0.25) is 0 Å². The van der Waals surface area contributed by atoms with Crippen LogP contribution in [0.25, 0.3) is 6.08 Å². The zero-order valence-electron chi connectivity index (χ0n) is 14.8. The van der Waals surface area contributed by atoms with Crippen LogP contribution < -0.4 is 4.90 Å². The Morgan fingerprint density at radius 1 is 1.12 bits per heavy atom. The quantitative estimate of drug-likeness (QED) is 0.853. The summed E-state index contributed by atoms with van der Waals surface area (Å²) >= 11 is 0. The van der Waals surface area contributed by atoms with Crippen LogP contribution in [-0.2, 0) is 4.79 Å². The highest BCUT2D eigenvalue weighted by Gasteiger charge is 2.24. The van der Waals surface area contributed by atoms with E-state index in [1.54, 1.807) is 4.90 Å². The molecule has 0 atom stereocenters. The molecule has 1 aromatic rings. The van der Waals surface area contributed by atoms with E-state index in [1.807, 2.05) is 6.07 Å². The van der Waals surface area contributed by atoms with Gasteiger partial charge in [-0.25, -0.2) is 0 Å². The van der Waals surface area contributed by atoms with Crippen LogP contribution >= 0.6 is 0 Å². The molecule has 2 fully saturated rings. The zero-order chi connectivity index (χ0) is 16.6. The molecule has 0 radical (unpaired) electrons. The minimum Gasteiger partial charge on any atom is -0.331 e. The maximum Gasteiger partial charge on any atom is 0.222 e. The lowest BCUT2D eigenvalue weighted by Crippen LogP contribution is -3.14. The number of piperazine rings is 1. The Balaban J connectivity index is 1.34. The smallest absolute Gasteiger partial charge is 0.222 e. The number of hydrogen-bond acceptors (Lipinski definition) is 1. The number of nitrogens with zero attached hydrogens (tertiary/aromatic N) is 1. The van der Waals surface area contributed by atoms with Crippen molar-refractivity contribution in [2.75, 3.05) is 32.7 Å². The van der Waals surface area contributed by atoms with Crippen molar-refractivity contribution in [3.05, 3.63) is 42.0 Å². The molecule has 1 heterocycles. The minimum absolute atomic E-state index is 0.390. The lowest BCUT2D eigenvalue weighted by molar-refractivity contribution is -0.898. The van der Waals surface area contributed by atoms with Gasteiger partial charge in [0.25, 0.3) is 0 Å². The van der Waals surface area contributed by atoms with Crippen molar-refractivity contribution in [1.29, 1.82) is 0 Å². The van der Waals surface area contributed by atoms with Gasteiger partial charge in [-0.15, -0.1) is 0 Å². The van der Waals surface area contributed by atoms with Crippen LogP contribution in [0, 0.1) is 5.92 Å². The second-order valence-electron chi connectivity index (χ2n) is 7.34. The maximum atomic E-state index is 12.4. The third-order valence-electron chi connectivity index (χ3n) is 5.58. The fraction of sp³-hybridized carbons (Fsp3) is 0.571. The molecule has 1 aliphatic heterocycles. The molecule has 0 aromatic heterocycles. The van der Waals surface area contributed by atoms with Gasteiger partial charge in [-0.05, 0) is 24.0 Å². The fourth-order valence-corrected chi connectivity index (χ4v) is 3.99. The molecule has 130 valence electrons. The van der Waals surface area contributed by atoms with E-state index in [9.17, 15) is 4.79 Å². The first-order valence-electron chi connectivity index (χ1n) is 9.64. The average molecular weight is 327 g/mol. The Labute approximate surface area is 146 Å². The lowest BCUT2D eigenvalue weighted by Gasteiger charge is -2.32. The lowest BCUT2D eigenvalue weighted by atomic mass is 10.0. The summed E-state index contributed by atoms with van der Waals surface area (Å²) in [7, 11) is 0. The number of nitrogens with one attached hydrogen (secondary N) is 1. The number of hydrogen-bond donors (Lipinski definition) is 1. The molecule has 3 rings (SSSR count). The molecule has 2 aliphatic rings. The molecule has 0 unspecified atom stereocenters. The second kappa shape index (κ2) is 9.03. The Hall–Kier alpha value is -1.61. The van der Waals surface area contributed by atoms with E-state index in [-0.39, 0.29) is 0 Å². The van der Waals surface area contributed by atoms with E-state index in [2.05, 4.69) is 41.3 Å². The summed E-state index contributed by atoms with van der Waals surface area (Å²) in [5.41, 5.74) is 1.26. The van der Waals surface area contributed by atoms with Crippen molar-refractivity contribution < 1.29 is 9.69 Å². The van der Waals surface area contributed by atoms with Gasteiger partial charge in [0.1, 0.15) is 0 Å². The van der Waals surface area contributed by atoms with Gasteiger partial charge >= 0.3 is 0 Å². The number of quaternary nitrogens is 1. The summed E-state index contributed by atoms with van der Waals surface area (Å²) < 4.78 is 0. The summed E-state index contributed by atoms with van der Waals surface area (Å²) in [5, 5.41) is 0. The highest BCUT2D eigenvalue weighted by atomic mass is 16.2. The largest absolute Gasteiger partial charge is 0.331 e. The molecule has 1 aliphatic carbocycles. The van der Waals surface area contributed by atoms with Crippen LogP contribution in [0.4, 0.5) is 0 Å². The number of rotatable bonds is 6. The number of carbonyl (C=O) groups is 1. The number of carbonyl (C=O) groups excluding carboxylic acids is 1. The Morgan fingerprint density at radius 3 is 2.54 bits per heavy atom. The number of amides is 1. The Morgan fingerprint density at radius 2 is 1.83 bits per heavy atom. The second-order valence-corrected chi connectivity index (χ2v) is 7.34. The first-order valence-corrected chi connectivity index (χ1v) is 9.64. The molecule has 1 amide bonds. The minimum atomic E-state index is 0.390.